The molecule has 0 amide bonds. The monoisotopic (exact) mass is 434 g/mol. The summed E-state index contributed by atoms with van der Waals surface area (Å²) in [7, 11) is 0. The van der Waals surface area contributed by atoms with Crippen LogP contribution >= 0.6 is 0 Å². The third-order valence-electron chi connectivity index (χ3n) is 9.12. The molecule has 0 bridgehead atoms. The van der Waals surface area contributed by atoms with Gasteiger partial charge in [0.1, 0.15) is 17.9 Å². The van der Waals surface area contributed by atoms with Gasteiger partial charge < -0.3 is 4.74 Å². The van der Waals surface area contributed by atoms with Crippen molar-refractivity contribution in [2.24, 2.45) is 28.6 Å². The Balaban J connectivity index is 1.61. The van der Waals surface area contributed by atoms with E-state index in [0.717, 1.165) is 25.7 Å². The molecule has 4 aliphatic rings. The lowest BCUT2D eigenvalue weighted by Crippen LogP contribution is -2.62. The Kier molecular flexibility index (Phi) is 5.71. The Morgan fingerprint density at radius 1 is 1.19 bits per heavy atom. The highest BCUT2D eigenvalue weighted by atomic mass is 19.1. The molecular formula is C26H36F2O3. The van der Waals surface area contributed by atoms with E-state index >= 15 is 8.78 Å². The lowest BCUT2D eigenvalue weighted by Gasteiger charge is -2.60. The van der Waals surface area contributed by atoms with Crippen LogP contribution in [0.15, 0.2) is 23.8 Å². The number of allylic oxidation sites excluding steroid dienone is 4. The molecule has 0 spiro atoms. The van der Waals surface area contributed by atoms with Crippen LogP contribution in [-0.4, -0.2) is 29.7 Å². The molecule has 0 heterocycles. The van der Waals surface area contributed by atoms with Crippen molar-refractivity contribution >= 4 is 11.8 Å². The summed E-state index contributed by atoms with van der Waals surface area (Å²) in [4.78, 5) is 24.4. The number of esters is 1. The van der Waals surface area contributed by atoms with E-state index in [4.69, 9.17) is 4.74 Å². The molecule has 0 N–H and O–H groups in total. The average Bonchev–Trinajstić information content (AvgIpc) is 2.96. The number of hydrogen-bond donors (Lipinski definition) is 0. The first-order chi connectivity index (χ1) is 14.6. The van der Waals surface area contributed by atoms with Crippen molar-refractivity contribution in [3.05, 3.63) is 23.8 Å². The maximum Gasteiger partial charge on any atom is 0.306 e. The highest BCUT2D eigenvalue weighted by Crippen LogP contribution is 2.69. The molecule has 172 valence electrons. The van der Waals surface area contributed by atoms with Crippen molar-refractivity contribution in [1.82, 2.24) is 0 Å². The second kappa shape index (κ2) is 7.81. The number of rotatable bonds is 5. The van der Waals surface area contributed by atoms with Crippen LogP contribution in [0.3, 0.4) is 0 Å². The van der Waals surface area contributed by atoms with Crippen molar-refractivity contribution in [2.75, 3.05) is 0 Å². The van der Waals surface area contributed by atoms with Gasteiger partial charge in [0.05, 0.1) is 0 Å². The largest absolute Gasteiger partial charge is 0.461 e. The Morgan fingerprint density at radius 3 is 2.65 bits per heavy atom. The maximum absolute atomic E-state index is 16.9. The molecule has 0 aromatic rings. The molecule has 0 aromatic heterocycles. The minimum atomic E-state index is -1.59. The van der Waals surface area contributed by atoms with Gasteiger partial charge in [0.25, 0.3) is 0 Å². The van der Waals surface area contributed by atoms with E-state index in [-0.39, 0.29) is 41.5 Å². The third-order valence-corrected chi connectivity index (χ3v) is 9.12. The fraction of sp³-hybridized carbons (Fsp3) is 0.769. The highest BCUT2D eigenvalue weighted by molar-refractivity contribution is 6.01. The topological polar surface area (TPSA) is 43.4 Å². The van der Waals surface area contributed by atoms with Gasteiger partial charge in [-0.05, 0) is 68.6 Å². The molecule has 0 aliphatic heterocycles. The van der Waals surface area contributed by atoms with Gasteiger partial charge in [-0.25, -0.2) is 8.78 Å². The van der Waals surface area contributed by atoms with Gasteiger partial charge in [-0.1, -0.05) is 39.7 Å². The van der Waals surface area contributed by atoms with Crippen LogP contribution in [0.2, 0.25) is 0 Å². The molecule has 31 heavy (non-hydrogen) atoms. The minimum absolute atomic E-state index is 0.0441. The van der Waals surface area contributed by atoms with Gasteiger partial charge in [0.2, 0.25) is 0 Å². The summed E-state index contributed by atoms with van der Waals surface area (Å²) < 4.78 is 38.2. The van der Waals surface area contributed by atoms with E-state index in [9.17, 15) is 9.59 Å². The molecule has 5 heteroatoms. The Morgan fingerprint density at radius 2 is 1.94 bits per heavy atom. The van der Waals surface area contributed by atoms with E-state index in [1.54, 1.807) is 13.0 Å². The zero-order chi connectivity index (χ0) is 22.6. The van der Waals surface area contributed by atoms with Crippen LogP contribution in [-0.2, 0) is 14.3 Å². The van der Waals surface area contributed by atoms with Gasteiger partial charge in [-0.2, -0.15) is 0 Å². The molecule has 3 nitrogen and oxygen atoms in total. The fourth-order valence-corrected chi connectivity index (χ4v) is 7.37. The van der Waals surface area contributed by atoms with Crippen molar-refractivity contribution in [3.8, 4) is 0 Å². The Hall–Kier alpha value is -1.52. The number of carbonyl (C=O) groups is 2. The van der Waals surface area contributed by atoms with Crippen molar-refractivity contribution in [1.29, 1.82) is 0 Å². The smallest absolute Gasteiger partial charge is 0.306 e. The second-order valence-corrected chi connectivity index (χ2v) is 10.9. The number of carbonyl (C=O) groups excluding carboxylic acids is 2. The quantitative estimate of drug-likeness (QED) is 0.389. The Bertz CT molecular complexity index is 819. The number of unbranched alkanes of at least 4 members (excludes halogenated alkanes) is 2. The van der Waals surface area contributed by atoms with Gasteiger partial charge in [-0.3, -0.25) is 9.59 Å². The Labute approximate surface area is 184 Å². The first kappa shape index (κ1) is 22.7. The number of ether oxygens (including phenoxy) is 1. The van der Waals surface area contributed by atoms with E-state index in [2.05, 4.69) is 20.8 Å². The molecule has 4 aliphatic carbocycles. The SMILES string of the molecule is CCCCCC(=O)O[C@@H]1[C@@H](C)C[C@H]2[C@@H]3C[C@H](F)C4=CC(=O)C=C[C@]4(C)[C@@]3(F)CC[C@]12C. The van der Waals surface area contributed by atoms with Crippen molar-refractivity contribution < 1.29 is 23.1 Å². The van der Waals surface area contributed by atoms with E-state index in [1.165, 1.54) is 12.2 Å². The molecular weight excluding hydrogens is 398 g/mol. The standard InChI is InChI=1S/C26H36F2O3/c1-5-6-7-8-22(30)31-23-16(2)13-18-19-15-21(27)20-14-17(29)9-10-25(20,4)26(19,28)12-11-24(18,23)3/h9-10,14,16,18-19,21,23H,5-8,11-13,15H2,1-4H3/t16-,18-,19-,21-,23+,24-,25-,26+/m0/s1. The van der Waals surface area contributed by atoms with E-state index in [1.807, 2.05) is 0 Å². The van der Waals surface area contributed by atoms with Crippen molar-refractivity contribution in [3.63, 3.8) is 0 Å². The first-order valence-electron chi connectivity index (χ1n) is 12.0. The van der Waals surface area contributed by atoms with Crippen LogP contribution in [0, 0.1) is 28.6 Å². The third kappa shape index (κ3) is 3.33. The summed E-state index contributed by atoms with van der Waals surface area (Å²) in [6.07, 6.45) is 7.79. The number of ketones is 1. The molecule has 0 radical (unpaired) electrons. The molecule has 0 aromatic carbocycles. The number of alkyl halides is 2. The predicted molar refractivity (Wildman–Crippen MR) is 116 cm³/mol. The number of fused-ring (bicyclic) bond motifs is 5. The van der Waals surface area contributed by atoms with E-state index < -0.39 is 23.2 Å². The normalized spacial score (nSPS) is 46.1. The average molecular weight is 435 g/mol. The predicted octanol–water partition coefficient (Wildman–Crippen LogP) is 6.07. The summed E-state index contributed by atoms with van der Waals surface area (Å²) >= 11 is 0. The van der Waals surface area contributed by atoms with Crippen LogP contribution in [0.4, 0.5) is 8.78 Å². The summed E-state index contributed by atoms with van der Waals surface area (Å²) in [6.45, 7) is 8.05. The highest BCUT2D eigenvalue weighted by Gasteiger charge is 2.69. The molecule has 3 saturated carbocycles. The number of hydrogen-bond acceptors (Lipinski definition) is 3. The second-order valence-electron chi connectivity index (χ2n) is 10.9. The summed E-state index contributed by atoms with van der Waals surface area (Å²) in [5.41, 5.74) is -2.73. The summed E-state index contributed by atoms with van der Waals surface area (Å²) in [5, 5.41) is 0. The van der Waals surface area contributed by atoms with Gasteiger partial charge in [0, 0.05) is 23.2 Å². The summed E-state index contributed by atoms with van der Waals surface area (Å²) in [5.74, 6) is -0.798. The van der Waals surface area contributed by atoms with Gasteiger partial charge in [-0.15, -0.1) is 0 Å². The lowest BCUT2D eigenvalue weighted by molar-refractivity contribution is -0.172. The lowest BCUT2D eigenvalue weighted by atomic mass is 9.46. The summed E-state index contributed by atoms with van der Waals surface area (Å²) in [6, 6.07) is 0. The molecule has 3 fully saturated rings. The van der Waals surface area contributed by atoms with Crippen LogP contribution in [0.25, 0.3) is 0 Å². The van der Waals surface area contributed by atoms with Gasteiger partial charge >= 0.3 is 5.97 Å². The molecule has 4 rings (SSSR count). The van der Waals surface area contributed by atoms with E-state index in [0.29, 0.717) is 24.8 Å². The van der Waals surface area contributed by atoms with Gasteiger partial charge in [0.15, 0.2) is 5.78 Å². The minimum Gasteiger partial charge on any atom is -0.461 e. The van der Waals surface area contributed by atoms with Crippen LogP contribution in [0.5, 0.6) is 0 Å². The molecule has 0 unspecified atom stereocenters. The maximum atomic E-state index is 16.9. The van der Waals surface area contributed by atoms with Crippen LogP contribution < -0.4 is 0 Å². The zero-order valence-corrected chi connectivity index (χ0v) is 19.3. The van der Waals surface area contributed by atoms with Crippen LogP contribution in [0.1, 0.15) is 79.1 Å². The molecule has 8 atom stereocenters. The van der Waals surface area contributed by atoms with Crippen molar-refractivity contribution in [2.45, 2.75) is 97.0 Å². The fourth-order valence-electron chi connectivity index (χ4n) is 7.37. The first-order valence-corrected chi connectivity index (χ1v) is 12.0. The molecule has 0 saturated heterocycles. The number of halogens is 2. The zero-order valence-electron chi connectivity index (χ0n) is 19.3.